The third-order valence-electron chi connectivity index (χ3n) is 3.19. The number of hydrogen-bond acceptors (Lipinski definition) is 14. The molecular formula is C12H2MgN4O10S2. The minimum absolute atomic E-state index is 0. The molecule has 0 unspecified atom stereocenters. The quantitative estimate of drug-likeness (QED) is 0.208. The summed E-state index contributed by atoms with van der Waals surface area (Å²) in [4.78, 5) is 56.5. The molecule has 0 spiro atoms. The van der Waals surface area contributed by atoms with E-state index in [2.05, 4.69) is 19.9 Å². The third-order valence-corrected chi connectivity index (χ3v) is 4.69. The Morgan fingerprint density at radius 1 is 0.621 bits per heavy atom. The summed E-state index contributed by atoms with van der Waals surface area (Å²) in [5.74, 6) is 0. The number of hydrogen-bond donors (Lipinski definition) is 0. The number of fused-ring (bicyclic) bond motifs is 2. The molecule has 0 saturated heterocycles. The molecule has 0 atom stereocenters. The SMILES string of the molecule is O=c1cc2nc(S(=O)(=O)[O-])c(=O)c-2n1.O=c1cc2nc(S(=O)(=O)[O-])c(=O)c-2n1.[Mg+2]. The Morgan fingerprint density at radius 3 is 1.17 bits per heavy atom. The fourth-order valence-corrected chi connectivity index (χ4v) is 3.20. The Kier molecular flexibility index (Phi) is 5.76. The van der Waals surface area contributed by atoms with Crippen molar-refractivity contribution in [3.05, 3.63) is 53.3 Å². The van der Waals surface area contributed by atoms with Crippen LogP contribution in [0.3, 0.4) is 0 Å². The smallest absolute Gasteiger partial charge is 0.743 e. The van der Waals surface area contributed by atoms with Gasteiger partial charge in [0.2, 0.25) is 10.9 Å². The van der Waals surface area contributed by atoms with Crippen molar-refractivity contribution in [1.29, 1.82) is 0 Å². The van der Waals surface area contributed by atoms with Crippen molar-refractivity contribution in [2.75, 3.05) is 0 Å². The second kappa shape index (κ2) is 7.35. The summed E-state index contributed by atoms with van der Waals surface area (Å²) in [6.45, 7) is 0. The second-order valence-electron chi connectivity index (χ2n) is 5.06. The van der Waals surface area contributed by atoms with Crippen LogP contribution in [0.2, 0.25) is 0 Å². The van der Waals surface area contributed by atoms with Crippen molar-refractivity contribution in [3.63, 3.8) is 0 Å². The van der Waals surface area contributed by atoms with Crippen molar-refractivity contribution < 1.29 is 25.9 Å². The van der Waals surface area contributed by atoms with Crippen LogP contribution in [0.1, 0.15) is 0 Å². The van der Waals surface area contributed by atoms with E-state index in [4.69, 9.17) is 0 Å². The molecule has 0 aliphatic carbocycles. The molecule has 0 aromatic carbocycles. The summed E-state index contributed by atoms with van der Waals surface area (Å²) in [7, 11) is -9.79. The number of aromatic nitrogens is 4. The Morgan fingerprint density at radius 2 is 0.931 bits per heavy atom. The monoisotopic (exact) mass is 450 g/mol. The predicted octanol–water partition coefficient (Wildman–Crippen LogP) is -4.22. The summed E-state index contributed by atoms with van der Waals surface area (Å²) < 4.78 is 62.9. The van der Waals surface area contributed by atoms with Gasteiger partial charge >= 0.3 is 23.1 Å². The first-order chi connectivity index (χ1) is 12.8. The van der Waals surface area contributed by atoms with Gasteiger partial charge in [0, 0.05) is 12.1 Å². The van der Waals surface area contributed by atoms with Gasteiger partial charge in [0.05, 0.1) is 0 Å². The van der Waals surface area contributed by atoms with Crippen molar-refractivity contribution in [2.45, 2.75) is 10.1 Å². The zero-order chi connectivity index (χ0) is 21.0. The summed E-state index contributed by atoms with van der Waals surface area (Å²) in [6, 6.07) is 1.79. The Hall–Kier alpha value is -2.57. The van der Waals surface area contributed by atoms with E-state index in [1.165, 1.54) is 0 Å². The normalized spacial score (nSPS) is 11.9. The molecule has 0 aromatic heterocycles. The molecule has 4 heterocycles. The maximum absolute atomic E-state index is 11.1. The number of rotatable bonds is 2. The molecule has 0 amide bonds. The maximum atomic E-state index is 11.1. The summed E-state index contributed by atoms with van der Waals surface area (Å²) >= 11 is 0. The van der Waals surface area contributed by atoms with Gasteiger partial charge in [-0.3, -0.25) is 19.2 Å². The van der Waals surface area contributed by atoms with Gasteiger partial charge < -0.3 is 9.11 Å². The van der Waals surface area contributed by atoms with Gasteiger partial charge in [-0.1, -0.05) is 0 Å². The topological polar surface area (TPSA) is 234 Å². The molecule has 4 aliphatic heterocycles. The first kappa shape index (κ1) is 22.7. The average molecular weight is 451 g/mol. The molecule has 29 heavy (non-hydrogen) atoms. The molecule has 0 fully saturated rings. The van der Waals surface area contributed by atoms with Crippen LogP contribution in [0.25, 0.3) is 22.8 Å². The van der Waals surface area contributed by atoms with Gasteiger partial charge in [0.1, 0.15) is 43.0 Å². The molecule has 0 saturated carbocycles. The molecule has 0 bridgehead atoms. The molecule has 144 valence electrons. The van der Waals surface area contributed by atoms with Crippen LogP contribution in [-0.4, -0.2) is 68.9 Å². The second-order valence-corrected chi connectivity index (χ2v) is 7.65. The average Bonchev–Trinajstić information content (AvgIpc) is 3.23. The minimum Gasteiger partial charge on any atom is -0.743 e. The predicted molar refractivity (Wildman–Crippen MR) is 88.8 cm³/mol. The zero-order valence-electron chi connectivity index (χ0n) is 13.5. The van der Waals surface area contributed by atoms with Crippen LogP contribution in [0.4, 0.5) is 0 Å². The van der Waals surface area contributed by atoms with E-state index >= 15 is 0 Å². The molecule has 14 nitrogen and oxygen atoms in total. The van der Waals surface area contributed by atoms with Crippen LogP contribution in [-0.2, 0) is 20.2 Å². The van der Waals surface area contributed by atoms with Gasteiger partial charge in [-0.25, -0.2) is 36.8 Å². The van der Waals surface area contributed by atoms with E-state index in [0.29, 0.717) is 0 Å². The van der Waals surface area contributed by atoms with Crippen molar-refractivity contribution in [2.24, 2.45) is 0 Å². The summed E-state index contributed by atoms with van der Waals surface area (Å²) in [5, 5.41) is -2.20. The van der Waals surface area contributed by atoms with Crippen molar-refractivity contribution >= 4 is 43.3 Å². The molecule has 17 heteroatoms. The zero-order valence-corrected chi connectivity index (χ0v) is 16.6. The Labute approximate surface area is 175 Å². The molecule has 0 aromatic rings. The van der Waals surface area contributed by atoms with Crippen LogP contribution in [0.15, 0.2) is 41.4 Å². The van der Waals surface area contributed by atoms with Gasteiger partial charge in [0.15, 0.2) is 10.1 Å². The fraction of sp³-hybridized carbons (Fsp3) is 0. The largest absolute Gasteiger partial charge is 2.00 e. The van der Waals surface area contributed by atoms with Gasteiger partial charge in [-0.2, -0.15) is 0 Å². The third kappa shape index (κ3) is 4.23. The fourth-order valence-electron chi connectivity index (χ4n) is 2.14. The van der Waals surface area contributed by atoms with Crippen molar-refractivity contribution in [1.82, 2.24) is 19.9 Å². The standard InChI is InChI=1S/2C6H2N2O5S.Mg/c2*9-3-1-2-4(8-3)5(10)6(7-2)14(11,12)13;/h2*1H,(H,11,12,13);/q;;+2/p-2. The number of nitrogens with zero attached hydrogens (tertiary/aromatic N) is 4. The van der Waals surface area contributed by atoms with E-state index in [0.717, 1.165) is 12.1 Å². The van der Waals surface area contributed by atoms with E-state index in [-0.39, 0.29) is 45.8 Å². The first-order valence-electron chi connectivity index (χ1n) is 6.67. The van der Waals surface area contributed by atoms with Crippen LogP contribution >= 0.6 is 0 Å². The molecule has 0 radical (unpaired) electrons. The Bertz CT molecular complexity index is 1430. The molecular weight excluding hydrogens is 449 g/mol. The van der Waals surface area contributed by atoms with Crippen LogP contribution < -0.4 is 22.0 Å². The molecule has 4 rings (SSSR count). The van der Waals surface area contributed by atoms with E-state index in [1.807, 2.05) is 0 Å². The molecule has 4 aliphatic rings. The Balaban J connectivity index is 0.000000200. The van der Waals surface area contributed by atoms with Crippen LogP contribution in [0, 0.1) is 0 Å². The molecule has 0 N–H and O–H groups in total. The van der Waals surface area contributed by atoms with Gasteiger partial charge in [-0.15, -0.1) is 0 Å². The van der Waals surface area contributed by atoms with Crippen LogP contribution in [0.5, 0.6) is 0 Å². The van der Waals surface area contributed by atoms with E-state index in [1.54, 1.807) is 0 Å². The van der Waals surface area contributed by atoms with E-state index < -0.39 is 52.3 Å². The summed E-state index contributed by atoms with van der Waals surface area (Å²) in [5.41, 5.74) is -4.66. The van der Waals surface area contributed by atoms with Gasteiger partial charge in [0.25, 0.3) is 11.1 Å². The first-order valence-corrected chi connectivity index (χ1v) is 9.48. The minimum atomic E-state index is -4.89. The van der Waals surface area contributed by atoms with Crippen molar-refractivity contribution in [3.8, 4) is 22.8 Å². The summed E-state index contributed by atoms with van der Waals surface area (Å²) in [6.07, 6.45) is 0. The maximum Gasteiger partial charge on any atom is 2.00 e. The van der Waals surface area contributed by atoms with E-state index in [9.17, 15) is 45.1 Å². The van der Waals surface area contributed by atoms with Gasteiger partial charge in [-0.05, 0) is 0 Å².